The fourth-order valence-corrected chi connectivity index (χ4v) is 8.44. The van der Waals surface area contributed by atoms with E-state index in [1.165, 1.54) is 58.0 Å². The molecular weight excluding hydrogens is 320 g/mol. The number of nitrogens with two attached hydrogens (primary N) is 1. The van der Waals surface area contributed by atoms with Crippen LogP contribution in [0.15, 0.2) is 0 Å². The minimum atomic E-state index is -0.127. The first-order valence-electron chi connectivity index (χ1n) is 11.4. The highest BCUT2D eigenvalue weighted by atomic mass is 16.1. The lowest BCUT2D eigenvalue weighted by Crippen LogP contribution is -2.56. The van der Waals surface area contributed by atoms with Crippen LogP contribution in [0.25, 0.3) is 0 Å². The molecule has 3 N–H and O–H groups in total. The lowest BCUT2D eigenvalue weighted by molar-refractivity contribution is -0.119. The Morgan fingerprint density at radius 1 is 1.08 bits per heavy atom. The molecule has 0 bridgehead atoms. The average molecular weight is 361 g/mol. The largest absolute Gasteiger partial charge is 0.370 e. The molecule has 1 saturated heterocycles. The minimum absolute atomic E-state index is 0.127. The van der Waals surface area contributed by atoms with Crippen molar-refractivity contribution in [1.82, 2.24) is 5.32 Å². The van der Waals surface area contributed by atoms with Gasteiger partial charge in [-0.2, -0.15) is 0 Å². The van der Waals surface area contributed by atoms with Crippen LogP contribution in [0.2, 0.25) is 0 Å². The van der Waals surface area contributed by atoms with Gasteiger partial charge in [0.2, 0.25) is 5.91 Å². The molecule has 148 valence electrons. The number of fused-ring (bicyclic) bond motifs is 5. The van der Waals surface area contributed by atoms with E-state index in [0.717, 1.165) is 36.0 Å². The molecule has 0 spiro atoms. The Bertz CT molecular complexity index is 548. The quantitative estimate of drug-likeness (QED) is 0.783. The number of rotatable bonds is 4. The third kappa shape index (κ3) is 2.84. The lowest BCUT2D eigenvalue weighted by atomic mass is 9.45. The molecule has 26 heavy (non-hydrogen) atoms. The highest BCUT2D eigenvalue weighted by molar-refractivity contribution is 5.73. The first kappa shape index (κ1) is 18.8. The molecule has 0 aromatic carbocycles. The van der Waals surface area contributed by atoms with Gasteiger partial charge < -0.3 is 11.1 Å². The zero-order valence-electron chi connectivity index (χ0n) is 17.2. The Balaban J connectivity index is 1.52. The van der Waals surface area contributed by atoms with E-state index in [-0.39, 0.29) is 5.91 Å². The van der Waals surface area contributed by atoms with Crippen molar-refractivity contribution in [2.75, 3.05) is 13.1 Å². The third-order valence-corrected chi connectivity index (χ3v) is 9.90. The monoisotopic (exact) mass is 360 g/mol. The second-order valence-electron chi connectivity index (χ2n) is 10.8. The summed E-state index contributed by atoms with van der Waals surface area (Å²) >= 11 is 0. The molecule has 4 aliphatic rings. The summed E-state index contributed by atoms with van der Waals surface area (Å²) in [6.07, 6.45) is 11.5. The molecule has 4 rings (SSSR count). The number of nitrogens with one attached hydrogen (secondary N) is 1. The maximum absolute atomic E-state index is 11.3. The number of carbonyl (C=O) groups is 1. The zero-order chi connectivity index (χ0) is 18.5. The summed E-state index contributed by atoms with van der Waals surface area (Å²) in [5.41, 5.74) is 6.52. The van der Waals surface area contributed by atoms with Gasteiger partial charge in [0.15, 0.2) is 0 Å². The number of hydrogen-bond donors (Lipinski definition) is 2. The predicted octanol–water partition coefficient (Wildman–Crippen LogP) is 4.36. The van der Waals surface area contributed by atoms with Gasteiger partial charge in [-0.25, -0.2) is 0 Å². The Hall–Kier alpha value is -0.570. The van der Waals surface area contributed by atoms with Gasteiger partial charge >= 0.3 is 0 Å². The van der Waals surface area contributed by atoms with Crippen LogP contribution in [0.4, 0.5) is 0 Å². The van der Waals surface area contributed by atoms with Gasteiger partial charge in [0, 0.05) is 6.42 Å². The summed E-state index contributed by atoms with van der Waals surface area (Å²) in [6.45, 7) is 10.1. The van der Waals surface area contributed by atoms with Gasteiger partial charge in [0.1, 0.15) is 0 Å². The summed E-state index contributed by atoms with van der Waals surface area (Å²) in [5.74, 6) is 5.06. The van der Waals surface area contributed by atoms with E-state index < -0.39 is 0 Å². The van der Waals surface area contributed by atoms with E-state index in [2.05, 4.69) is 26.1 Å². The fourth-order valence-electron chi connectivity index (χ4n) is 8.44. The zero-order valence-corrected chi connectivity index (χ0v) is 17.2. The summed E-state index contributed by atoms with van der Waals surface area (Å²) in [4.78, 5) is 11.3. The molecule has 1 unspecified atom stereocenters. The maximum atomic E-state index is 11.3. The van der Waals surface area contributed by atoms with Gasteiger partial charge in [-0.05, 0) is 111 Å². The second kappa shape index (κ2) is 6.79. The molecule has 1 amide bonds. The smallest absolute Gasteiger partial charge is 0.217 e. The summed E-state index contributed by atoms with van der Waals surface area (Å²) in [6, 6.07) is 0. The number of primary amides is 1. The molecule has 0 aromatic heterocycles. The van der Waals surface area contributed by atoms with Gasteiger partial charge in [-0.1, -0.05) is 20.8 Å². The molecule has 3 heteroatoms. The molecule has 3 saturated carbocycles. The molecule has 0 aromatic rings. The van der Waals surface area contributed by atoms with Gasteiger partial charge in [0.05, 0.1) is 0 Å². The Labute approximate surface area is 160 Å². The molecular formula is C23H40N2O. The molecule has 8 atom stereocenters. The fraction of sp³-hybridized carbons (Fsp3) is 0.957. The van der Waals surface area contributed by atoms with Gasteiger partial charge in [-0.15, -0.1) is 0 Å². The van der Waals surface area contributed by atoms with Crippen LogP contribution >= 0.6 is 0 Å². The maximum Gasteiger partial charge on any atom is 0.217 e. The second-order valence-corrected chi connectivity index (χ2v) is 10.8. The van der Waals surface area contributed by atoms with Gasteiger partial charge in [0.25, 0.3) is 0 Å². The van der Waals surface area contributed by atoms with Crippen molar-refractivity contribution in [2.45, 2.75) is 78.6 Å². The summed E-state index contributed by atoms with van der Waals surface area (Å²) in [7, 11) is 0. The van der Waals surface area contributed by atoms with E-state index in [1.807, 2.05) is 0 Å². The summed E-state index contributed by atoms with van der Waals surface area (Å²) in [5, 5.41) is 3.67. The minimum Gasteiger partial charge on any atom is -0.370 e. The molecule has 0 radical (unpaired) electrons. The van der Waals surface area contributed by atoms with Crippen LogP contribution in [0.1, 0.15) is 78.6 Å². The Morgan fingerprint density at radius 2 is 1.85 bits per heavy atom. The molecule has 1 heterocycles. The number of amides is 1. The standard InChI is InChI=1S/C23H40N2O/c1-15(4-9-21(24)26)18-7-8-19-17-6-5-16-14-25-13-12-22(16,2)20(17)10-11-23(18,19)3/h15-20,25H,4-14H2,1-3H3,(H2,24,26)/t15-,16?,17+,18-,19+,20+,22+,23-/m1/s1. The topological polar surface area (TPSA) is 55.1 Å². The SMILES string of the molecule is C[C@H](CCC(N)=O)[C@H]1CC[C@H]2[C@@H]3CCC4CNCC[C@]4(C)[C@H]3CC[C@]12C. The molecule has 3 nitrogen and oxygen atoms in total. The van der Waals surface area contributed by atoms with Crippen molar-refractivity contribution >= 4 is 5.91 Å². The van der Waals surface area contributed by atoms with Crippen molar-refractivity contribution in [3.05, 3.63) is 0 Å². The van der Waals surface area contributed by atoms with Crippen molar-refractivity contribution < 1.29 is 4.79 Å². The lowest BCUT2D eigenvalue weighted by Gasteiger charge is -2.60. The highest BCUT2D eigenvalue weighted by Gasteiger charge is 2.60. The number of hydrogen-bond acceptors (Lipinski definition) is 2. The van der Waals surface area contributed by atoms with E-state index >= 15 is 0 Å². The van der Waals surface area contributed by atoms with Crippen molar-refractivity contribution in [2.24, 2.45) is 52.1 Å². The van der Waals surface area contributed by atoms with E-state index in [1.54, 1.807) is 0 Å². The van der Waals surface area contributed by atoms with Crippen molar-refractivity contribution in [1.29, 1.82) is 0 Å². The van der Waals surface area contributed by atoms with Gasteiger partial charge in [-0.3, -0.25) is 4.79 Å². The highest BCUT2D eigenvalue weighted by Crippen LogP contribution is 2.67. The van der Waals surface area contributed by atoms with Crippen LogP contribution in [0.5, 0.6) is 0 Å². The summed E-state index contributed by atoms with van der Waals surface area (Å²) < 4.78 is 0. The van der Waals surface area contributed by atoms with E-state index in [9.17, 15) is 4.79 Å². The van der Waals surface area contributed by atoms with Crippen LogP contribution in [-0.4, -0.2) is 19.0 Å². The first-order chi connectivity index (χ1) is 12.4. The molecule has 3 aliphatic carbocycles. The Morgan fingerprint density at radius 3 is 2.62 bits per heavy atom. The average Bonchev–Trinajstić information content (AvgIpc) is 2.96. The number of carbonyl (C=O) groups excluding carboxylic acids is 1. The van der Waals surface area contributed by atoms with Crippen molar-refractivity contribution in [3.63, 3.8) is 0 Å². The van der Waals surface area contributed by atoms with Crippen LogP contribution in [-0.2, 0) is 4.79 Å². The normalized spacial score (nSPS) is 49.0. The predicted molar refractivity (Wildman–Crippen MR) is 106 cm³/mol. The first-order valence-corrected chi connectivity index (χ1v) is 11.4. The number of piperidine rings is 1. The van der Waals surface area contributed by atoms with Crippen LogP contribution < -0.4 is 11.1 Å². The van der Waals surface area contributed by atoms with Crippen LogP contribution in [0.3, 0.4) is 0 Å². The molecule has 4 fully saturated rings. The van der Waals surface area contributed by atoms with Crippen LogP contribution in [0, 0.1) is 46.3 Å². The van der Waals surface area contributed by atoms with E-state index in [4.69, 9.17) is 5.73 Å². The Kier molecular flexibility index (Phi) is 4.91. The molecule has 1 aliphatic heterocycles. The third-order valence-electron chi connectivity index (χ3n) is 9.90. The van der Waals surface area contributed by atoms with Crippen molar-refractivity contribution in [3.8, 4) is 0 Å². The van der Waals surface area contributed by atoms with E-state index in [0.29, 0.717) is 23.2 Å².